The second-order valence-electron chi connectivity index (χ2n) is 7.66. The summed E-state index contributed by atoms with van der Waals surface area (Å²) in [6.07, 6.45) is -5.84. The zero-order valence-electron chi connectivity index (χ0n) is 15.8. The predicted molar refractivity (Wildman–Crippen MR) is 99.7 cm³/mol. The number of carbonyl (C=O) groups is 1. The van der Waals surface area contributed by atoms with Crippen LogP contribution in [0.5, 0.6) is 0 Å². The molecule has 1 amide bonds. The Bertz CT molecular complexity index is 785. The maximum absolute atomic E-state index is 14.7. The van der Waals surface area contributed by atoms with Crippen molar-refractivity contribution >= 4 is 21.8 Å². The van der Waals surface area contributed by atoms with E-state index in [2.05, 4.69) is 15.9 Å². The van der Waals surface area contributed by atoms with E-state index in [-0.39, 0.29) is 25.2 Å². The molecule has 0 radical (unpaired) electrons. The summed E-state index contributed by atoms with van der Waals surface area (Å²) in [5.74, 6) is -6.47. The van der Waals surface area contributed by atoms with Crippen LogP contribution >= 0.6 is 15.9 Å². The van der Waals surface area contributed by atoms with E-state index in [0.29, 0.717) is 9.37 Å². The van der Waals surface area contributed by atoms with Crippen molar-refractivity contribution in [1.29, 1.82) is 5.26 Å². The number of nitriles is 1. The van der Waals surface area contributed by atoms with E-state index >= 15 is 0 Å². The highest BCUT2D eigenvalue weighted by Crippen LogP contribution is 2.54. The van der Waals surface area contributed by atoms with Crippen LogP contribution < -0.4 is 5.73 Å². The topological polar surface area (TPSA) is 70.1 Å². The van der Waals surface area contributed by atoms with E-state index in [9.17, 15) is 32.0 Å². The molecule has 0 aliphatic heterocycles. The van der Waals surface area contributed by atoms with Crippen LogP contribution in [0.3, 0.4) is 0 Å². The number of amides is 1. The molecule has 1 aromatic carbocycles. The summed E-state index contributed by atoms with van der Waals surface area (Å²) < 4.78 is 70.1. The van der Waals surface area contributed by atoms with Gasteiger partial charge >= 0.3 is 12.1 Å². The Morgan fingerprint density at radius 3 is 2.14 bits per heavy atom. The van der Waals surface area contributed by atoms with Crippen molar-refractivity contribution in [2.75, 3.05) is 0 Å². The molecule has 0 spiro atoms. The van der Waals surface area contributed by atoms with Gasteiger partial charge in [-0.15, -0.1) is 0 Å². The van der Waals surface area contributed by atoms with E-state index in [1.165, 1.54) is 12.1 Å². The second kappa shape index (κ2) is 8.19. The van der Waals surface area contributed by atoms with Crippen LogP contribution in [0.15, 0.2) is 28.7 Å². The molecule has 2 rings (SSSR count). The molecule has 1 aromatic rings. The summed E-state index contributed by atoms with van der Waals surface area (Å²) in [6.45, 7) is 3.48. The van der Waals surface area contributed by atoms with Crippen molar-refractivity contribution in [3.8, 4) is 6.07 Å². The van der Waals surface area contributed by atoms with Crippen LogP contribution in [0, 0.1) is 17.2 Å². The van der Waals surface area contributed by atoms with Crippen LogP contribution in [-0.2, 0) is 4.79 Å². The Balaban J connectivity index is 2.66. The van der Waals surface area contributed by atoms with E-state index in [4.69, 9.17) is 5.73 Å². The summed E-state index contributed by atoms with van der Waals surface area (Å²) in [4.78, 5) is 13.4. The number of alkyl halides is 5. The highest BCUT2D eigenvalue weighted by molar-refractivity contribution is 9.10. The molecule has 0 heterocycles. The van der Waals surface area contributed by atoms with Gasteiger partial charge in [0.15, 0.2) is 0 Å². The Morgan fingerprint density at radius 1 is 1.24 bits per heavy atom. The van der Waals surface area contributed by atoms with Crippen molar-refractivity contribution in [3.63, 3.8) is 0 Å². The number of benzene rings is 1. The first-order valence-corrected chi connectivity index (χ1v) is 9.76. The van der Waals surface area contributed by atoms with Crippen molar-refractivity contribution in [1.82, 2.24) is 4.90 Å². The van der Waals surface area contributed by atoms with Gasteiger partial charge in [-0.1, -0.05) is 41.9 Å². The minimum atomic E-state index is -5.93. The number of carbonyl (C=O) groups excluding carboxylic acids is 1. The Hall–Kier alpha value is -1.73. The largest absolute Gasteiger partial charge is 0.455 e. The average Bonchev–Trinajstić information content (AvgIpc) is 3.39. The zero-order chi connectivity index (χ0) is 22.2. The summed E-state index contributed by atoms with van der Waals surface area (Å²) >= 11 is 3.10. The number of halogens is 6. The molecule has 2 atom stereocenters. The van der Waals surface area contributed by atoms with Crippen LogP contribution in [0.25, 0.3) is 0 Å². The normalized spacial score (nSPS) is 18.1. The fourth-order valence-corrected chi connectivity index (χ4v) is 3.48. The number of hydrogen-bond donors (Lipinski definition) is 1. The Labute approximate surface area is 174 Å². The molecule has 0 bridgehead atoms. The minimum absolute atomic E-state index is 0.00457. The highest BCUT2D eigenvalue weighted by Gasteiger charge is 2.69. The monoisotopic (exact) mass is 481 g/mol. The summed E-state index contributed by atoms with van der Waals surface area (Å²) in [5.41, 5.74) is 3.69. The number of rotatable bonds is 7. The Morgan fingerprint density at radius 2 is 1.76 bits per heavy atom. The lowest BCUT2D eigenvalue weighted by molar-refractivity contribution is -0.305. The van der Waals surface area contributed by atoms with E-state index in [1.807, 2.05) is 0 Å². The zero-order valence-corrected chi connectivity index (χ0v) is 17.4. The molecule has 160 valence electrons. The Kier molecular flexibility index (Phi) is 6.65. The molecule has 2 N–H and O–H groups in total. The number of hydrogen-bond acceptors (Lipinski definition) is 3. The van der Waals surface area contributed by atoms with Gasteiger partial charge in [-0.05, 0) is 42.9 Å². The van der Waals surface area contributed by atoms with Gasteiger partial charge in [0.1, 0.15) is 11.6 Å². The first-order chi connectivity index (χ1) is 13.3. The van der Waals surface area contributed by atoms with Gasteiger partial charge in [-0.25, -0.2) is 0 Å². The van der Waals surface area contributed by atoms with Crippen molar-refractivity contribution in [2.24, 2.45) is 11.7 Å². The molecule has 0 saturated heterocycles. The van der Waals surface area contributed by atoms with Crippen LogP contribution in [-0.4, -0.2) is 34.5 Å². The molecule has 10 heteroatoms. The van der Waals surface area contributed by atoms with E-state index < -0.39 is 41.2 Å². The fraction of sp³-hybridized carbons (Fsp3) is 0.579. The molecule has 29 heavy (non-hydrogen) atoms. The van der Waals surface area contributed by atoms with Gasteiger partial charge in [-0.2, -0.15) is 27.2 Å². The fourth-order valence-electron chi connectivity index (χ4n) is 3.22. The van der Waals surface area contributed by atoms with Gasteiger partial charge in [0.2, 0.25) is 5.91 Å². The molecule has 0 unspecified atom stereocenters. The summed E-state index contributed by atoms with van der Waals surface area (Å²) in [5, 5.41) is 9.53. The third-order valence-corrected chi connectivity index (χ3v) is 5.37. The van der Waals surface area contributed by atoms with Crippen molar-refractivity contribution in [2.45, 2.75) is 62.8 Å². The van der Waals surface area contributed by atoms with Gasteiger partial charge in [0.25, 0.3) is 0 Å². The van der Waals surface area contributed by atoms with Crippen LogP contribution in [0.1, 0.15) is 44.7 Å². The van der Waals surface area contributed by atoms with E-state index in [1.54, 1.807) is 19.9 Å². The highest BCUT2D eigenvalue weighted by atomic mass is 79.9. The molecule has 1 aliphatic rings. The second-order valence-corrected chi connectivity index (χ2v) is 8.58. The lowest BCUT2D eigenvalue weighted by Crippen LogP contribution is -2.58. The smallest absolute Gasteiger partial charge is 0.320 e. The quantitative estimate of drug-likeness (QED) is 0.560. The summed E-state index contributed by atoms with van der Waals surface area (Å²) in [7, 11) is 0. The predicted octanol–water partition coefficient (Wildman–Crippen LogP) is 4.95. The first kappa shape index (κ1) is 23.5. The van der Waals surface area contributed by atoms with Crippen LogP contribution in [0.4, 0.5) is 22.0 Å². The molecule has 1 aliphatic carbocycles. The van der Waals surface area contributed by atoms with Gasteiger partial charge in [-0.3, -0.25) is 4.79 Å². The molecular weight excluding hydrogens is 461 g/mol. The molecule has 1 fully saturated rings. The van der Waals surface area contributed by atoms with Gasteiger partial charge in [0.05, 0.1) is 12.1 Å². The maximum Gasteiger partial charge on any atom is 0.455 e. The van der Waals surface area contributed by atoms with Gasteiger partial charge in [0, 0.05) is 4.47 Å². The number of nitrogens with zero attached hydrogens (tertiary/aromatic N) is 2. The lowest BCUT2D eigenvalue weighted by atomic mass is 9.93. The lowest BCUT2D eigenvalue weighted by Gasteiger charge is -2.41. The standard InChI is InChI=1S/C19H21BrF5N3O/c1-11(2)9-14(27)16(29)28(17(10-26)7-8-17)15(18(21,22)19(23,24)25)12-3-5-13(20)6-4-12/h3-6,11,14-15H,7-9,27H2,1-2H3/t14-,15-/m0/s1. The van der Waals surface area contributed by atoms with E-state index in [0.717, 1.165) is 12.1 Å². The average molecular weight is 482 g/mol. The molecular formula is C19H21BrF5N3O. The third kappa shape index (κ3) is 4.72. The summed E-state index contributed by atoms with van der Waals surface area (Å²) in [6, 6.07) is 2.52. The van der Waals surface area contributed by atoms with Gasteiger partial charge < -0.3 is 10.6 Å². The molecule has 0 aromatic heterocycles. The first-order valence-electron chi connectivity index (χ1n) is 8.97. The number of nitrogens with two attached hydrogens (primary N) is 1. The SMILES string of the molecule is CC(C)C[C@H](N)C(=O)N([C@@H](c1ccc(Br)cc1)C(F)(F)C(F)(F)F)C1(C#N)CC1. The van der Waals surface area contributed by atoms with Crippen LogP contribution in [0.2, 0.25) is 0 Å². The maximum atomic E-state index is 14.7. The van der Waals surface area contributed by atoms with Crippen molar-refractivity contribution in [3.05, 3.63) is 34.3 Å². The molecule has 1 saturated carbocycles. The third-order valence-electron chi connectivity index (χ3n) is 4.84. The minimum Gasteiger partial charge on any atom is -0.320 e. The molecule has 4 nitrogen and oxygen atoms in total. The van der Waals surface area contributed by atoms with Crippen molar-refractivity contribution < 1.29 is 26.7 Å².